The number of carbonyl (C=O) groups excluding carboxylic acids is 1. The van der Waals surface area contributed by atoms with Crippen LogP contribution in [0.4, 0.5) is 11.5 Å². The number of anilines is 1. The molecule has 21 heavy (non-hydrogen) atoms. The van der Waals surface area contributed by atoms with Gasteiger partial charge in [0.1, 0.15) is 5.69 Å². The second-order valence-electron chi connectivity index (χ2n) is 4.18. The van der Waals surface area contributed by atoms with E-state index in [1.165, 1.54) is 12.1 Å². The van der Waals surface area contributed by atoms with Gasteiger partial charge in [0, 0.05) is 23.3 Å². The number of aromatic nitrogens is 2. The van der Waals surface area contributed by atoms with Crippen LogP contribution in [0.1, 0.15) is 26.4 Å². The highest BCUT2D eigenvalue weighted by Gasteiger charge is 2.16. The van der Waals surface area contributed by atoms with Gasteiger partial charge in [0.2, 0.25) is 0 Å². The minimum absolute atomic E-state index is 0.0145. The summed E-state index contributed by atoms with van der Waals surface area (Å²) in [5.41, 5.74) is 0.160. The Kier molecular flexibility index (Phi) is 3.65. The SMILES string of the molecule is Cc1ccc(C(=O)Nc2cc(C(=O)O)[nH]n2)cc1[N+](=O)[O-]. The molecule has 0 aliphatic carbocycles. The summed E-state index contributed by atoms with van der Waals surface area (Å²) in [5, 5.41) is 27.7. The lowest BCUT2D eigenvalue weighted by Crippen LogP contribution is -2.12. The zero-order valence-electron chi connectivity index (χ0n) is 10.8. The summed E-state index contributed by atoms with van der Waals surface area (Å²) >= 11 is 0. The first-order valence-electron chi connectivity index (χ1n) is 5.73. The Labute approximate surface area is 117 Å². The molecule has 108 valence electrons. The molecule has 1 heterocycles. The molecule has 0 saturated heterocycles. The average molecular weight is 290 g/mol. The third-order valence-electron chi connectivity index (χ3n) is 2.72. The molecule has 1 amide bonds. The number of benzene rings is 1. The van der Waals surface area contributed by atoms with Crippen molar-refractivity contribution in [2.24, 2.45) is 0 Å². The number of nitro benzene ring substituents is 1. The summed E-state index contributed by atoms with van der Waals surface area (Å²) in [4.78, 5) is 32.9. The number of carboxylic acid groups (broad SMARTS) is 1. The molecule has 3 N–H and O–H groups in total. The van der Waals surface area contributed by atoms with Gasteiger partial charge in [0.15, 0.2) is 5.82 Å². The summed E-state index contributed by atoms with van der Waals surface area (Å²) < 4.78 is 0. The molecule has 0 radical (unpaired) electrons. The normalized spacial score (nSPS) is 10.1. The van der Waals surface area contributed by atoms with Crippen LogP contribution in [-0.4, -0.2) is 32.1 Å². The molecular formula is C12H10N4O5. The molecule has 0 saturated carbocycles. The lowest BCUT2D eigenvalue weighted by atomic mass is 10.1. The molecule has 0 fully saturated rings. The van der Waals surface area contributed by atoms with Crippen LogP contribution in [0.2, 0.25) is 0 Å². The zero-order chi connectivity index (χ0) is 15.6. The molecule has 1 aromatic heterocycles. The van der Waals surface area contributed by atoms with Gasteiger partial charge in [0.05, 0.1) is 4.92 Å². The second kappa shape index (κ2) is 5.41. The molecule has 0 bridgehead atoms. The van der Waals surface area contributed by atoms with Crippen molar-refractivity contribution < 1.29 is 19.6 Å². The van der Waals surface area contributed by atoms with Crippen LogP contribution in [0.15, 0.2) is 24.3 Å². The van der Waals surface area contributed by atoms with Crippen molar-refractivity contribution >= 4 is 23.4 Å². The fraction of sp³-hybridized carbons (Fsp3) is 0.0833. The molecule has 2 rings (SSSR count). The number of aromatic carboxylic acids is 1. The summed E-state index contributed by atoms with van der Waals surface area (Å²) in [6, 6.07) is 5.18. The quantitative estimate of drug-likeness (QED) is 0.577. The maximum absolute atomic E-state index is 11.9. The molecule has 9 nitrogen and oxygen atoms in total. The number of aryl methyl sites for hydroxylation is 1. The maximum atomic E-state index is 11.9. The molecule has 0 aliphatic rings. The standard InChI is InChI=1S/C12H10N4O5/c1-6-2-3-7(4-9(6)16(20)21)11(17)13-10-5-8(12(18)19)14-15-10/h2-5H,1H3,(H,18,19)(H2,13,14,15,17). The van der Waals surface area contributed by atoms with E-state index in [1.54, 1.807) is 6.92 Å². The average Bonchev–Trinajstić information content (AvgIpc) is 2.87. The summed E-state index contributed by atoms with van der Waals surface area (Å²) in [5.74, 6) is -1.82. The van der Waals surface area contributed by atoms with Gasteiger partial charge < -0.3 is 10.4 Å². The van der Waals surface area contributed by atoms with Crippen molar-refractivity contribution in [3.05, 3.63) is 51.2 Å². The van der Waals surface area contributed by atoms with Crippen molar-refractivity contribution in [1.82, 2.24) is 10.2 Å². The summed E-state index contributed by atoms with van der Waals surface area (Å²) in [6.45, 7) is 1.56. The fourth-order valence-corrected chi connectivity index (χ4v) is 1.63. The number of hydrogen-bond donors (Lipinski definition) is 3. The number of nitrogens with zero attached hydrogens (tertiary/aromatic N) is 2. The molecule has 0 spiro atoms. The Bertz CT molecular complexity index is 737. The number of H-pyrrole nitrogens is 1. The Morgan fingerprint density at radius 3 is 2.67 bits per heavy atom. The van der Waals surface area contributed by atoms with Gasteiger partial charge >= 0.3 is 5.97 Å². The van der Waals surface area contributed by atoms with Crippen molar-refractivity contribution in [2.75, 3.05) is 5.32 Å². The highest BCUT2D eigenvalue weighted by Crippen LogP contribution is 2.20. The Balaban J connectivity index is 2.22. The third-order valence-corrected chi connectivity index (χ3v) is 2.72. The van der Waals surface area contributed by atoms with E-state index >= 15 is 0 Å². The molecule has 2 aromatic rings. The molecular weight excluding hydrogens is 280 g/mol. The summed E-state index contributed by atoms with van der Waals surface area (Å²) in [7, 11) is 0. The van der Waals surface area contributed by atoms with Crippen molar-refractivity contribution in [3.8, 4) is 0 Å². The van der Waals surface area contributed by atoms with Crippen LogP contribution in [0, 0.1) is 17.0 Å². The molecule has 0 atom stereocenters. The van der Waals surface area contributed by atoms with E-state index in [0.717, 1.165) is 12.1 Å². The highest BCUT2D eigenvalue weighted by atomic mass is 16.6. The van der Waals surface area contributed by atoms with E-state index in [4.69, 9.17) is 5.11 Å². The minimum atomic E-state index is -1.21. The van der Waals surface area contributed by atoms with Gasteiger partial charge in [-0.2, -0.15) is 5.10 Å². The van der Waals surface area contributed by atoms with Gasteiger partial charge in [-0.15, -0.1) is 0 Å². The fourth-order valence-electron chi connectivity index (χ4n) is 1.63. The van der Waals surface area contributed by atoms with E-state index in [-0.39, 0.29) is 22.8 Å². The second-order valence-corrected chi connectivity index (χ2v) is 4.18. The first kappa shape index (κ1) is 14.2. The molecule has 9 heteroatoms. The number of rotatable bonds is 4. The Morgan fingerprint density at radius 1 is 1.38 bits per heavy atom. The lowest BCUT2D eigenvalue weighted by molar-refractivity contribution is -0.385. The number of aromatic amines is 1. The largest absolute Gasteiger partial charge is 0.477 e. The number of nitrogens with one attached hydrogen (secondary N) is 2. The van der Waals surface area contributed by atoms with Crippen LogP contribution in [0.5, 0.6) is 0 Å². The van der Waals surface area contributed by atoms with Crippen LogP contribution in [0.3, 0.4) is 0 Å². The topological polar surface area (TPSA) is 138 Å². The first-order valence-corrected chi connectivity index (χ1v) is 5.73. The van der Waals surface area contributed by atoms with Gasteiger partial charge in [-0.3, -0.25) is 20.0 Å². The predicted octanol–water partition coefficient (Wildman–Crippen LogP) is 1.58. The number of hydrogen-bond acceptors (Lipinski definition) is 5. The van der Waals surface area contributed by atoms with E-state index in [0.29, 0.717) is 5.56 Å². The monoisotopic (exact) mass is 290 g/mol. The van der Waals surface area contributed by atoms with Gasteiger partial charge in [-0.1, -0.05) is 6.07 Å². The summed E-state index contributed by atoms with van der Waals surface area (Å²) in [6.07, 6.45) is 0. The number of carbonyl (C=O) groups is 2. The van der Waals surface area contributed by atoms with Crippen LogP contribution in [0.25, 0.3) is 0 Å². The molecule has 0 aliphatic heterocycles. The third kappa shape index (κ3) is 3.03. The first-order chi connectivity index (χ1) is 9.88. The van der Waals surface area contributed by atoms with Crippen LogP contribution < -0.4 is 5.32 Å². The van der Waals surface area contributed by atoms with Crippen LogP contribution in [-0.2, 0) is 0 Å². The lowest BCUT2D eigenvalue weighted by Gasteiger charge is -2.03. The van der Waals surface area contributed by atoms with Gasteiger partial charge in [-0.05, 0) is 13.0 Å². The van der Waals surface area contributed by atoms with Gasteiger partial charge in [-0.25, -0.2) is 4.79 Å². The molecule has 0 unspecified atom stereocenters. The predicted molar refractivity (Wildman–Crippen MR) is 71.3 cm³/mol. The van der Waals surface area contributed by atoms with E-state index < -0.39 is 16.8 Å². The van der Waals surface area contributed by atoms with Crippen molar-refractivity contribution in [3.63, 3.8) is 0 Å². The highest BCUT2D eigenvalue weighted by molar-refractivity contribution is 6.04. The maximum Gasteiger partial charge on any atom is 0.353 e. The van der Waals surface area contributed by atoms with Gasteiger partial charge in [0.25, 0.3) is 11.6 Å². The van der Waals surface area contributed by atoms with Crippen LogP contribution >= 0.6 is 0 Å². The van der Waals surface area contributed by atoms with E-state index in [2.05, 4.69) is 15.5 Å². The van der Waals surface area contributed by atoms with E-state index in [1.807, 2.05) is 0 Å². The zero-order valence-corrected chi connectivity index (χ0v) is 10.8. The Hall–Kier alpha value is -3.23. The van der Waals surface area contributed by atoms with Crippen molar-refractivity contribution in [1.29, 1.82) is 0 Å². The Morgan fingerprint density at radius 2 is 2.10 bits per heavy atom. The number of amides is 1. The van der Waals surface area contributed by atoms with E-state index in [9.17, 15) is 19.7 Å². The van der Waals surface area contributed by atoms with Crippen molar-refractivity contribution in [2.45, 2.75) is 6.92 Å². The number of nitro groups is 1. The smallest absolute Gasteiger partial charge is 0.353 e. The minimum Gasteiger partial charge on any atom is -0.477 e. The molecule has 1 aromatic carbocycles. The number of carboxylic acids is 1.